The second-order valence-corrected chi connectivity index (χ2v) is 17.6. The molecule has 0 aromatic heterocycles. The highest BCUT2D eigenvalue weighted by atomic mass is 28.4. The number of non-ortho nitro benzene ring substituents is 1. The highest BCUT2D eigenvalue weighted by Gasteiger charge is 2.66. The Balaban J connectivity index is 1.38. The third-order valence-electron chi connectivity index (χ3n) is 10.3. The average Bonchev–Trinajstić information content (AvgIpc) is 3.68. The summed E-state index contributed by atoms with van der Waals surface area (Å²) in [4.78, 5) is 68.9. The first-order valence-corrected chi connectivity index (χ1v) is 19.2. The molecule has 4 aliphatic heterocycles. The number of rotatable bonds is 8. The Morgan fingerprint density at radius 1 is 1.13 bits per heavy atom. The van der Waals surface area contributed by atoms with Crippen LogP contribution < -0.4 is 9.80 Å². The number of fused-ring (bicyclic) bond motifs is 2. The van der Waals surface area contributed by atoms with Gasteiger partial charge in [-0.1, -0.05) is 19.1 Å². The van der Waals surface area contributed by atoms with Crippen LogP contribution in [-0.2, 0) is 31.3 Å². The van der Waals surface area contributed by atoms with Crippen molar-refractivity contribution >= 4 is 43.1 Å². The molecule has 2 aromatic rings. The summed E-state index contributed by atoms with van der Waals surface area (Å²) in [5, 5.41) is 21.7. The van der Waals surface area contributed by atoms with Crippen LogP contribution in [0.2, 0.25) is 18.6 Å². The molecular weight excluding hydrogens is 608 g/mol. The van der Waals surface area contributed by atoms with Gasteiger partial charge in [0.05, 0.1) is 42.3 Å². The zero-order chi connectivity index (χ0) is 33.0. The summed E-state index contributed by atoms with van der Waals surface area (Å²) in [6.07, 6.45) is 2.87. The Hall–Kier alpha value is -3.65. The summed E-state index contributed by atoms with van der Waals surface area (Å²) < 4.78 is 6.73. The van der Waals surface area contributed by atoms with Gasteiger partial charge in [0.25, 0.3) is 11.6 Å². The SMILES string of the molecule is C[C@H]1[C@H]([Si](C)(C)O)[C@@H](CC(=O)N2CCC[C@H]2CO)O[C@]12C(=O)N(Cc1cccc(N3CCCCC3=O)c1)c1ccc([N+](=O)[O-])cc12. The van der Waals surface area contributed by atoms with Gasteiger partial charge in [-0.2, -0.15) is 0 Å². The first-order chi connectivity index (χ1) is 21.9. The van der Waals surface area contributed by atoms with Crippen LogP contribution in [0, 0.1) is 16.0 Å². The summed E-state index contributed by atoms with van der Waals surface area (Å²) in [6.45, 7) is 6.50. The quantitative estimate of drug-likeness (QED) is 0.248. The Morgan fingerprint density at radius 3 is 2.61 bits per heavy atom. The first kappa shape index (κ1) is 32.3. The van der Waals surface area contributed by atoms with Crippen LogP contribution in [0.25, 0.3) is 0 Å². The third-order valence-corrected chi connectivity index (χ3v) is 12.9. The van der Waals surface area contributed by atoms with Gasteiger partial charge in [-0.25, -0.2) is 0 Å². The molecule has 0 aliphatic carbocycles. The van der Waals surface area contributed by atoms with Gasteiger partial charge in [-0.3, -0.25) is 24.5 Å². The van der Waals surface area contributed by atoms with Crippen molar-refractivity contribution in [3.8, 4) is 0 Å². The molecule has 6 rings (SSSR count). The van der Waals surface area contributed by atoms with Gasteiger partial charge in [0.1, 0.15) is 0 Å². The maximum absolute atomic E-state index is 14.8. The number of benzene rings is 2. The van der Waals surface area contributed by atoms with Crippen molar-refractivity contribution in [2.24, 2.45) is 5.92 Å². The number of piperidine rings is 1. The number of aliphatic hydroxyl groups is 1. The van der Waals surface area contributed by atoms with Crippen LogP contribution >= 0.6 is 0 Å². The van der Waals surface area contributed by atoms with E-state index in [1.54, 1.807) is 33.9 Å². The molecule has 3 amide bonds. The van der Waals surface area contributed by atoms with Crippen LogP contribution in [0.15, 0.2) is 42.5 Å². The number of aliphatic hydroxyl groups excluding tert-OH is 1. The molecule has 1 spiro atoms. The number of carbonyl (C=O) groups is 3. The van der Waals surface area contributed by atoms with E-state index in [-0.39, 0.29) is 43.1 Å². The molecule has 0 bridgehead atoms. The van der Waals surface area contributed by atoms with E-state index in [0.29, 0.717) is 37.2 Å². The zero-order valence-corrected chi connectivity index (χ0v) is 27.6. The zero-order valence-electron chi connectivity index (χ0n) is 26.6. The number of nitro benzene ring substituents is 1. The molecule has 0 saturated carbocycles. The van der Waals surface area contributed by atoms with Crippen molar-refractivity contribution in [2.75, 3.05) is 29.5 Å². The molecule has 246 valence electrons. The third kappa shape index (κ3) is 5.42. The normalized spacial score (nSPS) is 28.0. The van der Waals surface area contributed by atoms with Crippen LogP contribution in [-0.4, -0.2) is 77.6 Å². The summed E-state index contributed by atoms with van der Waals surface area (Å²) in [5.41, 5.74) is 0.00296. The summed E-state index contributed by atoms with van der Waals surface area (Å²) in [7, 11) is -3.08. The van der Waals surface area contributed by atoms with Gasteiger partial charge in [0, 0.05) is 54.4 Å². The van der Waals surface area contributed by atoms with Gasteiger partial charge in [0.15, 0.2) is 13.9 Å². The fraction of sp³-hybridized carbons (Fsp3) is 0.545. The highest BCUT2D eigenvalue weighted by molar-refractivity contribution is 6.71. The van der Waals surface area contributed by atoms with Crippen LogP contribution in [0.4, 0.5) is 17.1 Å². The Bertz CT molecular complexity index is 1560. The number of ether oxygens (including phenoxy) is 1. The first-order valence-electron chi connectivity index (χ1n) is 16.2. The number of nitro groups is 1. The molecule has 13 heteroatoms. The molecular formula is C33H42N4O8Si. The smallest absolute Gasteiger partial charge is 0.269 e. The minimum Gasteiger partial charge on any atom is -0.432 e. The predicted octanol–water partition coefficient (Wildman–Crippen LogP) is 3.83. The number of likely N-dealkylation sites (tertiary alicyclic amines) is 1. The Morgan fingerprint density at radius 2 is 1.91 bits per heavy atom. The summed E-state index contributed by atoms with van der Waals surface area (Å²) in [5.74, 6) is -1.14. The van der Waals surface area contributed by atoms with E-state index < -0.39 is 42.3 Å². The largest absolute Gasteiger partial charge is 0.432 e. The highest BCUT2D eigenvalue weighted by Crippen LogP contribution is 2.60. The lowest BCUT2D eigenvalue weighted by molar-refractivity contribution is -0.385. The van der Waals surface area contributed by atoms with Crippen molar-refractivity contribution < 1.29 is 33.9 Å². The topological polar surface area (TPSA) is 154 Å². The lowest BCUT2D eigenvalue weighted by Crippen LogP contribution is -2.46. The van der Waals surface area contributed by atoms with E-state index in [2.05, 4.69) is 0 Å². The molecule has 4 heterocycles. The molecule has 4 aliphatic rings. The summed E-state index contributed by atoms with van der Waals surface area (Å²) in [6, 6.07) is 11.6. The maximum Gasteiger partial charge on any atom is 0.269 e. The predicted molar refractivity (Wildman–Crippen MR) is 173 cm³/mol. The second-order valence-electron chi connectivity index (χ2n) is 13.7. The van der Waals surface area contributed by atoms with Gasteiger partial charge in [-0.15, -0.1) is 0 Å². The van der Waals surface area contributed by atoms with E-state index in [9.17, 15) is 34.4 Å². The van der Waals surface area contributed by atoms with Gasteiger partial charge in [-0.05, 0) is 62.5 Å². The van der Waals surface area contributed by atoms with Gasteiger partial charge < -0.3 is 29.3 Å². The number of anilines is 2. The number of amides is 3. The van der Waals surface area contributed by atoms with Gasteiger partial charge in [0.2, 0.25) is 11.8 Å². The molecule has 3 fully saturated rings. The lowest BCUT2D eigenvalue weighted by Gasteiger charge is -2.32. The van der Waals surface area contributed by atoms with Crippen molar-refractivity contribution in [1.29, 1.82) is 0 Å². The Kier molecular flexibility index (Phi) is 8.55. The summed E-state index contributed by atoms with van der Waals surface area (Å²) >= 11 is 0. The molecule has 2 N–H and O–H groups in total. The molecule has 5 atom stereocenters. The van der Waals surface area contributed by atoms with Crippen LogP contribution in [0.1, 0.15) is 56.6 Å². The fourth-order valence-electron chi connectivity index (χ4n) is 8.26. The maximum atomic E-state index is 14.8. The number of nitrogens with zero attached hydrogens (tertiary/aromatic N) is 4. The number of carbonyl (C=O) groups excluding carboxylic acids is 3. The van der Waals surface area contributed by atoms with Crippen molar-refractivity contribution in [3.63, 3.8) is 0 Å². The molecule has 0 unspecified atom stereocenters. The molecule has 12 nitrogen and oxygen atoms in total. The average molecular weight is 651 g/mol. The van der Waals surface area contributed by atoms with E-state index in [4.69, 9.17) is 4.74 Å². The lowest BCUT2D eigenvalue weighted by atomic mass is 9.82. The van der Waals surface area contributed by atoms with Crippen molar-refractivity contribution in [3.05, 3.63) is 63.7 Å². The fourth-order valence-corrected chi connectivity index (χ4v) is 10.8. The van der Waals surface area contributed by atoms with Crippen LogP contribution in [0.5, 0.6) is 0 Å². The van der Waals surface area contributed by atoms with E-state index in [0.717, 1.165) is 30.5 Å². The van der Waals surface area contributed by atoms with E-state index in [1.165, 1.54) is 12.1 Å². The minimum absolute atomic E-state index is 0.0621. The van der Waals surface area contributed by atoms with E-state index in [1.807, 2.05) is 31.2 Å². The Labute approximate surface area is 269 Å². The number of hydrogen-bond acceptors (Lipinski definition) is 8. The van der Waals surface area contributed by atoms with E-state index >= 15 is 0 Å². The van der Waals surface area contributed by atoms with Crippen molar-refractivity contribution in [2.45, 2.75) is 88.4 Å². The van der Waals surface area contributed by atoms with Gasteiger partial charge >= 0.3 is 0 Å². The van der Waals surface area contributed by atoms with Crippen molar-refractivity contribution in [1.82, 2.24) is 4.90 Å². The monoisotopic (exact) mass is 650 g/mol. The standard InChI is InChI=1S/C33H42N4O8Si/c1-21-31(46(2,3)44)28(18-30(40)35-15-7-10-25(35)20-38)45-33(21)26-17-24(37(42)43)12-13-27(26)36(32(33)41)19-22-8-6-9-23(16-22)34-14-5-4-11-29(34)39/h6,8-9,12-13,16-17,21,25,28,31,38,44H,4-5,7,10-11,14-15,18-20H2,1-3H3/t21-,25-,28+,31-,33+/m0/s1. The molecule has 3 saturated heterocycles. The second kappa shape index (κ2) is 12.2. The molecule has 0 radical (unpaired) electrons. The minimum atomic E-state index is -3.08. The molecule has 2 aromatic carbocycles. The number of hydrogen-bond donors (Lipinski definition) is 2. The van der Waals surface area contributed by atoms with Crippen LogP contribution in [0.3, 0.4) is 0 Å². The molecule has 46 heavy (non-hydrogen) atoms.